The number of rotatable bonds is 5. The van der Waals surface area contributed by atoms with E-state index >= 15 is 0 Å². The third-order valence-corrected chi connectivity index (χ3v) is 4.08. The summed E-state index contributed by atoms with van der Waals surface area (Å²) < 4.78 is 5.92. The Morgan fingerprint density at radius 1 is 1.05 bits per heavy atom. The minimum absolute atomic E-state index is 0.477. The first-order chi connectivity index (χ1) is 10.3. The van der Waals surface area contributed by atoms with Crippen LogP contribution < -0.4 is 10.5 Å². The Balaban J connectivity index is 1.58. The van der Waals surface area contributed by atoms with Crippen LogP contribution in [0, 0.1) is 0 Å². The zero-order valence-corrected chi connectivity index (χ0v) is 12.2. The summed E-state index contributed by atoms with van der Waals surface area (Å²) in [4.78, 5) is 2.51. The van der Waals surface area contributed by atoms with E-state index in [1.165, 1.54) is 18.4 Å². The number of ether oxygens (including phenoxy) is 1. The molecule has 1 fully saturated rings. The van der Waals surface area contributed by atoms with Gasteiger partial charge in [-0.25, -0.2) is 0 Å². The van der Waals surface area contributed by atoms with Crippen molar-refractivity contribution in [2.45, 2.75) is 25.4 Å². The molecule has 1 aliphatic heterocycles. The lowest BCUT2D eigenvalue weighted by Gasteiger charge is -2.24. The number of hydrogen-bond acceptors (Lipinski definition) is 3. The molecule has 2 aromatic rings. The van der Waals surface area contributed by atoms with Gasteiger partial charge in [-0.1, -0.05) is 42.5 Å². The molecule has 1 heterocycles. The molecule has 2 N–H and O–H groups in total. The number of nitrogens with zero attached hydrogens (tertiary/aromatic N) is 1. The second-order valence-corrected chi connectivity index (χ2v) is 5.60. The molecule has 3 rings (SSSR count). The van der Waals surface area contributed by atoms with E-state index in [1.54, 1.807) is 0 Å². The summed E-state index contributed by atoms with van der Waals surface area (Å²) >= 11 is 0. The normalized spacial score (nSPS) is 18.8. The molecule has 0 spiro atoms. The largest absolute Gasteiger partial charge is 0.490 e. The van der Waals surface area contributed by atoms with E-state index in [9.17, 15) is 0 Å². The van der Waals surface area contributed by atoms with Crippen LogP contribution in [0.25, 0.3) is 0 Å². The van der Waals surface area contributed by atoms with Crippen LogP contribution in [0.4, 0.5) is 5.69 Å². The van der Waals surface area contributed by atoms with Gasteiger partial charge in [0.05, 0.1) is 5.69 Å². The van der Waals surface area contributed by atoms with Crippen molar-refractivity contribution in [3.8, 4) is 5.75 Å². The third kappa shape index (κ3) is 3.56. The fourth-order valence-electron chi connectivity index (χ4n) is 2.91. The Labute approximate surface area is 126 Å². The average Bonchev–Trinajstić information content (AvgIpc) is 2.95. The number of nitrogen functional groups attached to an aromatic ring is 1. The summed E-state index contributed by atoms with van der Waals surface area (Å²) in [5.41, 5.74) is 8.00. The van der Waals surface area contributed by atoms with Crippen LogP contribution in [0.2, 0.25) is 0 Å². The lowest BCUT2D eigenvalue weighted by Crippen LogP contribution is -2.33. The van der Waals surface area contributed by atoms with Gasteiger partial charge in [0.15, 0.2) is 0 Å². The van der Waals surface area contributed by atoms with Crippen LogP contribution in [-0.4, -0.2) is 24.1 Å². The van der Waals surface area contributed by atoms with Gasteiger partial charge in [-0.2, -0.15) is 0 Å². The monoisotopic (exact) mass is 282 g/mol. The smallest absolute Gasteiger partial charge is 0.142 e. The van der Waals surface area contributed by atoms with Crippen LogP contribution in [-0.2, 0) is 6.54 Å². The average molecular weight is 282 g/mol. The fourth-order valence-corrected chi connectivity index (χ4v) is 2.91. The van der Waals surface area contributed by atoms with Crippen LogP contribution in [0.3, 0.4) is 0 Å². The zero-order chi connectivity index (χ0) is 14.5. The molecule has 1 saturated heterocycles. The summed E-state index contributed by atoms with van der Waals surface area (Å²) in [5.74, 6) is 0.795. The zero-order valence-electron chi connectivity index (χ0n) is 12.2. The van der Waals surface area contributed by atoms with Crippen molar-refractivity contribution < 1.29 is 4.74 Å². The number of nitrogens with two attached hydrogens (primary N) is 1. The molecule has 3 nitrogen and oxygen atoms in total. The van der Waals surface area contributed by atoms with Gasteiger partial charge >= 0.3 is 0 Å². The van der Waals surface area contributed by atoms with E-state index < -0.39 is 0 Å². The maximum atomic E-state index is 5.92. The molecule has 0 aromatic heterocycles. The maximum Gasteiger partial charge on any atom is 0.142 e. The summed E-state index contributed by atoms with van der Waals surface area (Å²) in [6, 6.07) is 18.8. The van der Waals surface area contributed by atoms with Crippen molar-refractivity contribution in [1.82, 2.24) is 4.90 Å². The Kier molecular flexibility index (Phi) is 4.41. The standard InChI is InChI=1S/C18H22N2O/c19-17-10-4-5-11-18(17)21-14-16-9-6-12-20(16)13-15-7-2-1-3-8-15/h1-5,7-8,10-11,16H,6,9,12-14,19H2/t16-/m1/s1. The SMILES string of the molecule is Nc1ccccc1OC[C@H]1CCCN1Cc1ccccc1. The third-order valence-electron chi connectivity index (χ3n) is 4.08. The Hall–Kier alpha value is -2.00. The molecule has 110 valence electrons. The van der Waals surface area contributed by atoms with Gasteiger partial charge in [0.1, 0.15) is 12.4 Å². The molecule has 0 unspecified atom stereocenters. The minimum Gasteiger partial charge on any atom is -0.490 e. The molecule has 1 atom stereocenters. The number of benzene rings is 2. The number of para-hydroxylation sites is 2. The number of anilines is 1. The van der Waals surface area contributed by atoms with E-state index in [2.05, 4.69) is 35.2 Å². The van der Waals surface area contributed by atoms with Gasteiger partial charge in [0.2, 0.25) is 0 Å². The van der Waals surface area contributed by atoms with E-state index in [4.69, 9.17) is 10.5 Å². The minimum atomic E-state index is 0.477. The lowest BCUT2D eigenvalue weighted by molar-refractivity contribution is 0.167. The molecule has 0 radical (unpaired) electrons. The molecule has 0 aliphatic carbocycles. The molecule has 3 heteroatoms. The van der Waals surface area contributed by atoms with Crippen molar-refractivity contribution in [2.24, 2.45) is 0 Å². The Morgan fingerprint density at radius 3 is 2.62 bits per heavy atom. The highest BCUT2D eigenvalue weighted by molar-refractivity contribution is 5.51. The van der Waals surface area contributed by atoms with Crippen LogP contribution in [0.15, 0.2) is 54.6 Å². The van der Waals surface area contributed by atoms with Crippen molar-refractivity contribution in [2.75, 3.05) is 18.9 Å². The van der Waals surface area contributed by atoms with E-state index in [0.717, 1.165) is 18.8 Å². The van der Waals surface area contributed by atoms with E-state index in [0.29, 0.717) is 18.3 Å². The summed E-state index contributed by atoms with van der Waals surface area (Å²) in [6.45, 7) is 2.85. The van der Waals surface area contributed by atoms with Gasteiger partial charge < -0.3 is 10.5 Å². The molecule has 1 aliphatic rings. The lowest BCUT2D eigenvalue weighted by atomic mass is 10.2. The second-order valence-electron chi connectivity index (χ2n) is 5.60. The summed E-state index contributed by atoms with van der Waals surface area (Å²) in [6.07, 6.45) is 2.44. The Morgan fingerprint density at radius 2 is 1.81 bits per heavy atom. The topological polar surface area (TPSA) is 38.5 Å². The maximum absolute atomic E-state index is 5.92. The first kappa shape index (κ1) is 14.0. The molecular formula is C18H22N2O. The van der Waals surface area contributed by atoms with Crippen LogP contribution >= 0.6 is 0 Å². The van der Waals surface area contributed by atoms with Crippen LogP contribution in [0.1, 0.15) is 18.4 Å². The molecular weight excluding hydrogens is 260 g/mol. The highest BCUT2D eigenvalue weighted by Gasteiger charge is 2.25. The van der Waals surface area contributed by atoms with Crippen LogP contribution in [0.5, 0.6) is 5.75 Å². The molecule has 0 bridgehead atoms. The highest BCUT2D eigenvalue weighted by atomic mass is 16.5. The molecule has 0 amide bonds. The van der Waals surface area contributed by atoms with Crippen molar-refractivity contribution in [3.05, 3.63) is 60.2 Å². The van der Waals surface area contributed by atoms with E-state index in [1.807, 2.05) is 24.3 Å². The van der Waals surface area contributed by atoms with E-state index in [-0.39, 0.29) is 0 Å². The van der Waals surface area contributed by atoms with Crippen molar-refractivity contribution in [1.29, 1.82) is 0 Å². The first-order valence-corrected chi connectivity index (χ1v) is 7.58. The number of likely N-dealkylation sites (tertiary alicyclic amines) is 1. The van der Waals surface area contributed by atoms with Gasteiger partial charge in [0, 0.05) is 12.6 Å². The highest BCUT2D eigenvalue weighted by Crippen LogP contribution is 2.24. The van der Waals surface area contributed by atoms with Gasteiger partial charge in [-0.05, 0) is 37.1 Å². The fraction of sp³-hybridized carbons (Fsp3) is 0.333. The first-order valence-electron chi connectivity index (χ1n) is 7.58. The van der Waals surface area contributed by atoms with Gasteiger partial charge in [0.25, 0.3) is 0 Å². The quantitative estimate of drug-likeness (QED) is 0.855. The van der Waals surface area contributed by atoms with Crippen molar-refractivity contribution >= 4 is 5.69 Å². The summed E-state index contributed by atoms with van der Waals surface area (Å²) in [7, 11) is 0. The second kappa shape index (κ2) is 6.64. The van der Waals surface area contributed by atoms with Gasteiger partial charge in [-0.3, -0.25) is 4.90 Å². The molecule has 0 saturated carbocycles. The molecule has 21 heavy (non-hydrogen) atoms. The van der Waals surface area contributed by atoms with Crippen molar-refractivity contribution in [3.63, 3.8) is 0 Å². The van der Waals surface area contributed by atoms with Gasteiger partial charge in [-0.15, -0.1) is 0 Å². The Bertz CT molecular complexity index is 570. The molecule has 2 aromatic carbocycles. The number of hydrogen-bond donors (Lipinski definition) is 1. The predicted octanol–water partition coefficient (Wildman–Crippen LogP) is 3.31. The summed E-state index contributed by atoms with van der Waals surface area (Å²) in [5, 5.41) is 0. The predicted molar refractivity (Wildman–Crippen MR) is 86.2 cm³/mol.